The van der Waals surface area contributed by atoms with E-state index in [0.717, 1.165) is 37.3 Å². The van der Waals surface area contributed by atoms with Crippen molar-refractivity contribution >= 4 is 16.7 Å². The molecule has 3 aromatic carbocycles. The fourth-order valence-corrected chi connectivity index (χ4v) is 4.03. The Hall–Kier alpha value is -2.69. The average Bonchev–Trinajstić information content (AvgIpc) is 2.76. The Morgan fingerprint density at radius 1 is 1.00 bits per heavy atom. The van der Waals surface area contributed by atoms with Gasteiger partial charge in [0.15, 0.2) is 0 Å². The number of hydrogen-bond acceptors (Lipinski definition) is 3. The molecular weight excluding hydrogens is 360 g/mol. The smallest absolute Gasteiger partial charge is 0.224 e. The van der Waals surface area contributed by atoms with E-state index < -0.39 is 0 Å². The molecule has 4 rings (SSSR count). The van der Waals surface area contributed by atoms with Gasteiger partial charge in [-0.2, -0.15) is 0 Å². The predicted octanol–water partition coefficient (Wildman–Crippen LogP) is 3.88. The van der Waals surface area contributed by atoms with E-state index in [4.69, 9.17) is 4.74 Å². The lowest BCUT2D eigenvalue weighted by atomic mass is 10.0. The van der Waals surface area contributed by atoms with Crippen molar-refractivity contribution in [3.8, 4) is 0 Å². The molecule has 0 radical (unpaired) electrons. The summed E-state index contributed by atoms with van der Waals surface area (Å²) in [7, 11) is 0. The maximum Gasteiger partial charge on any atom is 0.224 e. The molecule has 150 valence electrons. The van der Waals surface area contributed by atoms with Crippen LogP contribution in [0, 0.1) is 6.92 Å². The summed E-state index contributed by atoms with van der Waals surface area (Å²) in [5.74, 6) is 0.0618. The first kappa shape index (κ1) is 19.6. The molecule has 0 aliphatic carbocycles. The SMILES string of the molecule is Cc1ccc(C(CNC(=O)Cc2cccc3ccccc23)N2CCOCC2)cc1. The minimum atomic E-state index is 0.0618. The number of fused-ring (bicyclic) bond motifs is 1. The largest absolute Gasteiger partial charge is 0.379 e. The van der Waals surface area contributed by atoms with Gasteiger partial charge in [0.05, 0.1) is 25.7 Å². The van der Waals surface area contributed by atoms with E-state index in [1.165, 1.54) is 16.5 Å². The van der Waals surface area contributed by atoms with Crippen LogP contribution in [0.4, 0.5) is 0 Å². The van der Waals surface area contributed by atoms with Crippen LogP contribution < -0.4 is 5.32 Å². The number of carbonyl (C=O) groups excluding carboxylic acids is 1. The molecule has 0 saturated carbocycles. The first-order valence-corrected chi connectivity index (χ1v) is 10.3. The first-order chi connectivity index (χ1) is 14.2. The van der Waals surface area contributed by atoms with Crippen LogP contribution in [-0.4, -0.2) is 43.7 Å². The molecule has 1 atom stereocenters. The van der Waals surface area contributed by atoms with Gasteiger partial charge in [-0.3, -0.25) is 9.69 Å². The second-order valence-electron chi connectivity index (χ2n) is 7.69. The minimum absolute atomic E-state index is 0.0618. The number of benzene rings is 3. The van der Waals surface area contributed by atoms with Crippen LogP contribution in [0.15, 0.2) is 66.7 Å². The number of carbonyl (C=O) groups is 1. The summed E-state index contributed by atoms with van der Waals surface area (Å²) >= 11 is 0. The summed E-state index contributed by atoms with van der Waals surface area (Å²) in [6.45, 7) is 5.96. The molecule has 1 amide bonds. The molecule has 3 aromatic rings. The van der Waals surface area contributed by atoms with Crippen LogP contribution >= 0.6 is 0 Å². The Morgan fingerprint density at radius 3 is 2.52 bits per heavy atom. The Balaban J connectivity index is 1.46. The van der Waals surface area contributed by atoms with E-state index >= 15 is 0 Å². The summed E-state index contributed by atoms with van der Waals surface area (Å²) in [5.41, 5.74) is 3.55. The van der Waals surface area contributed by atoms with E-state index in [1.807, 2.05) is 24.3 Å². The molecule has 4 nitrogen and oxygen atoms in total. The molecular formula is C25H28N2O2. The van der Waals surface area contributed by atoms with Crippen molar-refractivity contribution in [2.45, 2.75) is 19.4 Å². The van der Waals surface area contributed by atoms with Crippen molar-refractivity contribution in [2.75, 3.05) is 32.8 Å². The lowest BCUT2D eigenvalue weighted by Crippen LogP contribution is -2.44. The summed E-state index contributed by atoms with van der Waals surface area (Å²) in [4.78, 5) is 15.2. The van der Waals surface area contributed by atoms with Gasteiger partial charge in [0, 0.05) is 19.6 Å². The zero-order chi connectivity index (χ0) is 20.1. The second kappa shape index (κ2) is 9.21. The maximum absolute atomic E-state index is 12.8. The Morgan fingerprint density at radius 2 is 1.72 bits per heavy atom. The fraction of sp³-hybridized carbons (Fsp3) is 0.320. The lowest BCUT2D eigenvalue weighted by Gasteiger charge is -2.35. The molecule has 1 unspecified atom stereocenters. The molecule has 1 heterocycles. The number of nitrogens with zero attached hydrogens (tertiary/aromatic N) is 1. The van der Waals surface area contributed by atoms with Gasteiger partial charge in [-0.25, -0.2) is 0 Å². The van der Waals surface area contributed by atoms with E-state index in [2.05, 4.69) is 59.6 Å². The fourth-order valence-electron chi connectivity index (χ4n) is 4.03. The van der Waals surface area contributed by atoms with Crippen molar-refractivity contribution in [3.05, 3.63) is 83.4 Å². The number of nitrogens with one attached hydrogen (secondary N) is 1. The van der Waals surface area contributed by atoms with Crippen molar-refractivity contribution < 1.29 is 9.53 Å². The predicted molar refractivity (Wildman–Crippen MR) is 117 cm³/mol. The molecule has 1 N–H and O–H groups in total. The van der Waals surface area contributed by atoms with Crippen molar-refractivity contribution in [2.24, 2.45) is 0 Å². The summed E-state index contributed by atoms with van der Waals surface area (Å²) in [5, 5.41) is 5.50. The molecule has 0 bridgehead atoms. The maximum atomic E-state index is 12.8. The number of hydrogen-bond donors (Lipinski definition) is 1. The van der Waals surface area contributed by atoms with E-state index in [1.54, 1.807) is 0 Å². The highest BCUT2D eigenvalue weighted by atomic mass is 16.5. The summed E-state index contributed by atoms with van der Waals surface area (Å²) < 4.78 is 5.52. The van der Waals surface area contributed by atoms with Crippen molar-refractivity contribution in [1.82, 2.24) is 10.2 Å². The van der Waals surface area contributed by atoms with Crippen LogP contribution in [-0.2, 0) is 16.0 Å². The standard InChI is InChI=1S/C25H28N2O2/c1-19-9-11-21(12-10-19)24(27-13-15-29-16-14-27)18-26-25(28)17-22-7-4-6-20-5-2-3-8-23(20)22/h2-12,24H,13-18H2,1H3,(H,26,28). The number of rotatable bonds is 6. The lowest BCUT2D eigenvalue weighted by molar-refractivity contribution is -0.120. The van der Waals surface area contributed by atoms with Gasteiger partial charge in [0.2, 0.25) is 5.91 Å². The Bertz CT molecular complexity index is 957. The molecule has 1 aliphatic rings. The van der Waals surface area contributed by atoms with Crippen molar-refractivity contribution in [3.63, 3.8) is 0 Å². The van der Waals surface area contributed by atoms with Gasteiger partial charge >= 0.3 is 0 Å². The topological polar surface area (TPSA) is 41.6 Å². The van der Waals surface area contributed by atoms with Crippen molar-refractivity contribution in [1.29, 1.82) is 0 Å². The normalized spacial score (nSPS) is 15.9. The molecule has 29 heavy (non-hydrogen) atoms. The van der Waals surface area contributed by atoms with Crippen LogP contribution in [0.5, 0.6) is 0 Å². The average molecular weight is 389 g/mol. The van der Waals surface area contributed by atoms with Crippen LogP contribution in [0.1, 0.15) is 22.7 Å². The third kappa shape index (κ3) is 4.84. The van der Waals surface area contributed by atoms with E-state index in [0.29, 0.717) is 13.0 Å². The van der Waals surface area contributed by atoms with Gasteiger partial charge < -0.3 is 10.1 Å². The van der Waals surface area contributed by atoms with E-state index in [9.17, 15) is 4.79 Å². The molecule has 0 spiro atoms. The monoisotopic (exact) mass is 388 g/mol. The molecule has 1 saturated heterocycles. The molecule has 4 heteroatoms. The van der Waals surface area contributed by atoms with Crippen LogP contribution in [0.2, 0.25) is 0 Å². The summed E-state index contributed by atoms with van der Waals surface area (Å²) in [6, 6.07) is 23.2. The molecule has 1 fully saturated rings. The highest BCUT2D eigenvalue weighted by Crippen LogP contribution is 2.22. The van der Waals surface area contributed by atoms with Gasteiger partial charge in [0.25, 0.3) is 0 Å². The highest BCUT2D eigenvalue weighted by molar-refractivity contribution is 5.90. The van der Waals surface area contributed by atoms with Gasteiger partial charge in [-0.1, -0.05) is 72.3 Å². The highest BCUT2D eigenvalue weighted by Gasteiger charge is 2.23. The Labute approximate surface area is 172 Å². The first-order valence-electron chi connectivity index (χ1n) is 10.3. The third-order valence-corrected chi connectivity index (χ3v) is 5.67. The van der Waals surface area contributed by atoms with Crippen LogP contribution in [0.25, 0.3) is 10.8 Å². The van der Waals surface area contributed by atoms with Crippen LogP contribution in [0.3, 0.4) is 0 Å². The number of ether oxygens (including phenoxy) is 1. The molecule has 1 aliphatic heterocycles. The Kier molecular flexibility index (Phi) is 6.23. The zero-order valence-electron chi connectivity index (χ0n) is 16.9. The van der Waals surface area contributed by atoms with Gasteiger partial charge in [-0.15, -0.1) is 0 Å². The van der Waals surface area contributed by atoms with Gasteiger partial charge in [-0.05, 0) is 28.8 Å². The summed E-state index contributed by atoms with van der Waals surface area (Å²) in [6.07, 6.45) is 0.394. The third-order valence-electron chi connectivity index (χ3n) is 5.67. The quantitative estimate of drug-likeness (QED) is 0.697. The van der Waals surface area contributed by atoms with Gasteiger partial charge in [0.1, 0.15) is 0 Å². The number of aryl methyl sites for hydroxylation is 1. The minimum Gasteiger partial charge on any atom is -0.379 e. The number of morpholine rings is 1. The molecule has 0 aromatic heterocycles. The number of amides is 1. The second-order valence-corrected chi connectivity index (χ2v) is 7.69. The van der Waals surface area contributed by atoms with E-state index in [-0.39, 0.29) is 11.9 Å². The zero-order valence-corrected chi connectivity index (χ0v) is 16.9.